The predicted molar refractivity (Wildman–Crippen MR) is 75.1 cm³/mol. The molecule has 1 saturated heterocycles. The lowest BCUT2D eigenvalue weighted by molar-refractivity contribution is 0.263. The van der Waals surface area contributed by atoms with Crippen molar-refractivity contribution in [3.05, 3.63) is 11.9 Å². The first kappa shape index (κ1) is 13.1. The summed E-state index contributed by atoms with van der Waals surface area (Å²) >= 11 is 0. The monoisotopic (exact) mass is 249 g/mol. The van der Waals surface area contributed by atoms with Gasteiger partial charge in [0.05, 0.1) is 0 Å². The molecule has 1 aliphatic rings. The quantitative estimate of drug-likeness (QED) is 0.848. The Bertz CT molecular complexity index is 363. The lowest BCUT2D eigenvalue weighted by Crippen LogP contribution is -2.36. The maximum Gasteiger partial charge on any atom is 0.132 e. The summed E-state index contributed by atoms with van der Waals surface area (Å²) in [5.41, 5.74) is 0. The lowest BCUT2D eigenvalue weighted by atomic mass is 10.1. The van der Waals surface area contributed by atoms with Gasteiger partial charge >= 0.3 is 0 Å². The maximum atomic E-state index is 4.54. The van der Waals surface area contributed by atoms with Gasteiger partial charge in [-0.15, -0.1) is 0 Å². The van der Waals surface area contributed by atoms with Crippen LogP contribution < -0.4 is 10.6 Å². The maximum absolute atomic E-state index is 4.54. The van der Waals surface area contributed by atoms with E-state index in [-0.39, 0.29) is 0 Å². The molecule has 0 aliphatic carbocycles. The van der Waals surface area contributed by atoms with Crippen LogP contribution in [0.2, 0.25) is 0 Å². The molecule has 1 fully saturated rings. The molecule has 5 nitrogen and oxygen atoms in total. The van der Waals surface area contributed by atoms with E-state index < -0.39 is 0 Å². The van der Waals surface area contributed by atoms with Gasteiger partial charge < -0.3 is 15.5 Å². The van der Waals surface area contributed by atoms with Crippen LogP contribution in [0.15, 0.2) is 6.07 Å². The highest BCUT2D eigenvalue weighted by Gasteiger charge is 2.17. The smallest absolute Gasteiger partial charge is 0.132 e. The van der Waals surface area contributed by atoms with Gasteiger partial charge in [-0.3, -0.25) is 0 Å². The number of nitrogens with one attached hydrogen (secondary N) is 2. The van der Waals surface area contributed by atoms with Crippen LogP contribution in [0.4, 0.5) is 11.6 Å². The number of aromatic nitrogens is 2. The molecular weight excluding hydrogens is 226 g/mol. The topological polar surface area (TPSA) is 53.1 Å². The Morgan fingerprint density at radius 3 is 2.56 bits per heavy atom. The van der Waals surface area contributed by atoms with Crippen molar-refractivity contribution in [3.63, 3.8) is 0 Å². The molecule has 2 N–H and O–H groups in total. The Morgan fingerprint density at radius 2 is 1.94 bits per heavy atom. The van der Waals surface area contributed by atoms with Crippen molar-refractivity contribution in [2.24, 2.45) is 0 Å². The Labute approximate surface area is 109 Å². The molecule has 2 rings (SSSR count). The number of likely N-dealkylation sites (tertiary alicyclic amines) is 1. The zero-order chi connectivity index (χ0) is 13.0. The van der Waals surface area contributed by atoms with Crippen molar-refractivity contribution < 1.29 is 0 Å². The molecule has 100 valence electrons. The van der Waals surface area contributed by atoms with Crippen LogP contribution in [0.25, 0.3) is 0 Å². The largest absolute Gasteiger partial charge is 0.373 e. The van der Waals surface area contributed by atoms with Gasteiger partial charge in [-0.2, -0.15) is 0 Å². The summed E-state index contributed by atoms with van der Waals surface area (Å²) in [5, 5.41) is 6.62. The Hall–Kier alpha value is -1.36. The summed E-state index contributed by atoms with van der Waals surface area (Å²) in [7, 11) is 4.07. The van der Waals surface area contributed by atoms with Crippen molar-refractivity contribution in [1.82, 2.24) is 14.9 Å². The fourth-order valence-electron chi connectivity index (χ4n) is 2.22. The number of anilines is 2. The van der Waals surface area contributed by atoms with Gasteiger partial charge in [-0.1, -0.05) is 6.92 Å². The fourth-order valence-corrected chi connectivity index (χ4v) is 2.22. The second-order valence-corrected chi connectivity index (χ2v) is 4.88. The van der Waals surface area contributed by atoms with Gasteiger partial charge in [-0.05, 0) is 33.0 Å². The number of hydrogen-bond donors (Lipinski definition) is 2. The third-order valence-electron chi connectivity index (χ3n) is 3.42. The summed E-state index contributed by atoms with van der Waals surface area (Å²) in [6, 6.07) is 2.52. The first-order chi connectivity index (χ1) is 8.71. The first-order valence-electron chi connectivity index (χ1n) is 6.72. The van der Waals surface area contributed by atoms with Crippen molar-refractivity contribution >= 4 is 11.6 Å². The summed E-state index contributed by atoms with van der Waals surface area (Å²) in [5.74, 6) is 2.72. The minimum absolute atomic E-state index is 0.533. The van der Waals surface area contributed by atoms with E-state index in [1.807, 2.05) is 13.1 Å². The van der Waals surface area contributed by atoms with Gasteiger partial charge in [0.25, 0.3) is 0 Å². The molecule has 0 bridgehead atoms. The molecule has 5 heteroatoms. The number of hydrogen-bond acceptors (Lipinski definition) is 5. The predicted octanol–water partition coefficient (Wildman–Crippen LogP) is 1.59. The van der Waals surface area contributed by atoms with Crippen LogP contribution in [0.3, 0.4) is 0 Å². The normalized spacial score (nSPS) is 17.7. The zero-order valence-electron chi connectivity index (χ0n) is 11.5. The van der Waals surface area contributed by atoms with Crippen molar-refractivity contribution in [1.29, 1.82) is 0 Å². The minimum Gasteiger partial charge on any atom is -0.373 e. The second-order valence-electron chi connectivity index (χ2n) is 4.88. The second kappa shape index (κ2) is 6.00. The number of aryl methyl sites for hydroxylation is 1. The average Bonchev–Trinajstić information content (AvgIpc) is 2.41. The van der Waals surface area contributed by atoms with E-state index in [9.17, 15) is 0 Å². The van der Waals surface area contributed by atoms with Gasteiger partial charge in [0.15, 0.2) is 0 Å². The molecule has 2 heterocycles. The van der Waals surface area contributed by atoms with Crippen molar-refractivity contribution in [2.45, 2.75) is 32.2 Å². The number of rotatable bonds is 4. The van der Waals surface area contributed by atoms with Crippen molar-refractivity contribution in [2.75, 3.05) is 37.8 Å². The van der Waals surface area contributed by atoms with Gasteiger partial charge in [-0.25, -0.2) is 9.97 Å². The van der Waals surface area contributed by atoms with E-state index in [0.717, 1.165) is 37.0 Å². The Balaban J connectivity index is 2.03. The molecule has 1 aromatic rings. The third-order valence-corrected chi connectivity index (χ3v) is 3.42. The summed E-state index contributed by atoms with van der Waals surface area (Å²) in [6.07, 6.45) is 3.21. The molecule has 0 spiro atoms. The molecule has 18 heavy (non-hydrogen) atoms. The first-order valence-corrected chi connectivity index (χ1v) is 6.72. The van der Waals surface area contributed by atoms with Crippen LogP contribution in [-0.2, 0) is 6.42 Å². The molecule has 0 radical (unpaired) electrons. The van der Waals surface area contributed by atoms with E-state index in [4.69, 9.17) is 0 Å². The summed E-state index contributed by atoms with van der Waals surface area (Å²) in [6.45, 7) is 4.39. The molecule has 0 aromatic carbocycles. The SMILES string of the molecule is CCc1nc(NC)cc(NC2CCN(C)CC2)n1. The molecule has 0 unspecified atom stereocenters. The molecule has 0 atom stereocenters. The lowest BCUT2D eigenvalue weighted by Gasteiger charge is -2.29. The Morgan fingerprint density at radius 1 is 1.28 bits per heavy atom. The highest BCUT2D eigenvalue weighted by atomic mass is 15.1. The highest BCUT2D eigenvalue weighted by Crippen LogP contribution is 2.17. The summed E-state index contributed by atoms with van der Waals surface area (Å²) in [4.78, 5) is 11.3. The molecule has 1 aromatic heterocycles. The highest BCUT2D eigenvalue weighted by molar-refractivity contribution is 5.47. The van der Waals surface area contributed by atoms with Gasteiger partial charge in [0, 0.05) is 25.6 Å². The zero-order valence-corrected chi connectivity index (χ0v) is 11.5. The number of piperidine rings is 1. The van der Waals surface area contributed by atoms with Crippen molar-refractivity contribution in [3.8, 4) is 0 Å². The molecular formula is C13H23N5. The van der Waals surface area contributed by atoms with E-state index >= 15 is 0 Å². The van der Waals surface area contributed by atoms with Crippen LogP contribution in [0.5, 0.6) is 0 Å². The fraction of sp³-hybridized carbons (Fsp3) is 0.692. The standard InChI is InChI=1S/C13H23N5/c1-4-11-16-12(14-2)9-13(17-11)15-10-5-7-18(3)8-6-10/h9-10H,4-8H2,1-3H3,(H2,14,15,16,17). The van der Waals surface area contributed by atoms with Crippen LogP contribution in [0.1, 0.15) is 25.6 Å². The molecule has 0 saturated carbocycles. The third kappa shape index (κ3) is 3.32. The molecule has 0 amide bonds. The van der Waals surface area contributed by atoms with Crippen LogP contribution in [0, 0.1) is 0 Å². The number of nitrogens with zero attached hydrogens (tertiary/aromatic N) is 3. The minimum atomic E-state index is 0.533. The molecule has 1 aliphatic heterocycles. The van der Waals surface area contributed by atoms with E-state index in [1.165, 1.54) is 12.8 Å². The van der Waals surface area contributed by atoms with Gasteiger partial charge in [0.1, 0.15) is 17.5 Å². The van der Waals surface area contributed by atoms with E-state index in [1.54, 1.807) is 0 Å². The van der Waals surface area contributed by atoms with Gasteiger partial charge in [0.2, 0.25) is 0 Å². The van der Waals surface area contributed by atoms with E-state index in [0.29, 0.717) is 6.04 Å². The van der Waals surface area contributed by atoms with E-state index in [2.05, 4.69) is 39.5 Å². The summed E-state index contributed by atoms with van der Waals surface area (Å²) < 4.78 is 0. The Kier molecular flexibility index (Phi) is 4.36. The van der Waals surface area contributed by atoms with Crippen LogP contribution >= 0.6 is 0 Å². The van der Waals surface area contributed by atoms with Crippen LogP contribution in [-0.4, -0.2) is 48.1 Å². The average molecular weight is 249 g/mol.